The van der Waals surface area contributed by atoms with Gasteiger partial charge in [-0.15, -0.1) is 18.3 Å². The highest BCUT2D eigenvalue weighted by atomic mass is 32.2. The molecule has 1 aromatic rings. The molecular weight excluding hydrogens is 232 g/mol. The van der Waals surface area contributed by atoms with Crippen LogP contribution in [0.4, 0.5) is 0 Å². The van der Waals surface area contributed by atoms with Crippen molar-refractivity contribution in [2.45, 2.75) is 17.1 Å². The van der Waals surface area contributed by atoms with Crippen molar-refractivity contribution in [3.8, 4) is 6.07 Å². The summed E-state index contributed by atoms with van der Waals surface area (Å²) < 4.78 is 0. The minimum Gasteiger partial charge on any atom is -0.352 e. The Kier molecular flexibility index (Phi) is 5.31. The molecule has 4 heteroatoms. The zero-order chi connectivity index (χ0) is 12.7. The number of benzene rings is 1. The second-order valence-electron chi connectivity index (χ2n) is 3.40. The quantitative estimate of drug-likeness (QED) is 0.641. The number of carbonyl (C=O) groups is 1. The first kappa shape index (κ1) is 13.3. The summed E-state index contributed by atoms with van der Waals surface area (Å²) in [6.07, 6.45) is 1.64. The molecule has 1 aromatic carbocycles. The first-order valence-corrected chi connectivity index (χ1v) is 6.11. The summed E-state index contributed by atoms with van der Waals surface area (Å²) in [6.45, 7) is 5.82. The van der Waals surface area contributed by atoms with E-state index in [2.05, 4.69) is 18.0 Å². The Morgan fingerprint density at radius 2 is 2.35 bits per heavy atom. The summed E-state index contributed by atoms with van der Waals surface area (Å²) in [5, 5.41) is 11.4. The molecule has 0 heterocycles. The van der Waals surface area contributed by atoms with E-state index < -0.39 is 0 Å². The lowest BCUT2D eigenvalue weighted by atomic mass is 10.2. The van der Waals surface area contributed by atoms with Gasteiger partial charge in [0.2, 0.25) is 5.91 Å². The summed E-state index contributed by atoms with van der Waals surface area (Å²) in [6, 6.07) is 9.38. The molecule has 0 radical (unpaired) electrons. The largest absolute Gasteiger partial charge is 0.352 e. The molecule has 3 nitrogen and oxygen atoms in total. The van der Waals surface area contributed by atoms with Crippen LogP contribution in [0.1, 0.15) is 12.5 Å². The molecule has 0 spiro atoms. The summed E-state index contributed by atoms with van der Waals surface area (Å²) in [5.41, 5.74) is 0.598. The van der Waals surface area contributed by atoms with Crippen molar-refractivity contribution in [3.05, 3.63) is 42.5 Å². The van der Waals surface area contributed by atoms with Gasteiger partial charge in [0.15, 0.2) is 0 Å². The van der Waals surface area contributed by atoms with Gasteiger partial charge in [-0.25, -0.2) is 0 Å². The highest BCUT2D eigenvalue weighted by Crippen LogP contribution is 2.26. The van der Waals surface area contributed by atoms with Gasteiger partial charge in [-0.2, -0.15) is 5.26 Å². The molecule has 0 aliphatic rings. The fraction of sp³-hybridized carbons (Fsp3) is 0.231. The molecule has 88 valence electrons. The van der Waals surface area contributed by atoms with E-state index in [0.29, 0.717) is 12.1 Å². The number of hydrogen-bond donors (Lipinski definition) is 1. The van der Waals surface area contributed by atoms with Crippen LogP contribution in [-0.4, -0.2) is 17.7 Å². The number of rotatable bonds is 5. The second kappa shape index (κ2) is 6.77. The maximum Gasteiger partial charge on any atom is 0.233 e. The van der Waals surface area contributed by atoms with E-state index in [1.54, 1.807) is 12.1 Å². The Balaban J connectivity index is 2.68. The second-order valence-corrected chi connectivity index (χ2v) is 4.78. The monoisotopic (exact) mass is 246 g/mol. The zero-order valence-electron chi connectivity index (χ0n) is 9.64. The lowest BCUT2D eigenvalue weighted by molar-refractivity contribution is -0.120. The van der Waals surface area contributed by atoms with E-state index >= 15 is 0 Å². The summed E-state index contributed by atoms with van der Waals surface area (Å²) in [7, 11) is 0. The van der Waals surface area contributed by atoms with Gasteiger partial charge in [-0.05, 0) is 19.1 Å². The van der Waals surface area contributed by atoms with Crippen molar-refractivity contribution in [2.24, 2.45) is 0 Å². The van der Waals surface area contributed by atoms with Gasteiger partial charge in [0.05, 0.1) is 10.8 Å². The molecule has 17 heavy (non-hydrogen) atoms. The van der Waals surface area contributed by atoms with Gasteiger partial charge in [-0.3, -0.25) is 4.79 Å². The normalized spacial score (nSPS) is 11.3. The highest BCUT2D eigenvalue weighted by Gasteiger charge is 2.14. The van der Waals surface area contributed by atoms with Crippen molar-refractivity contribution < 1.29 is 4.79 Å². The van der Waals surface area contributed by atoms with E-state index in [0.717, 1.165) is 4.90 Å². The molecule has 1 amide bonds. The number of nitriles is 1. The molecule has 0 aromatic heterocycles. The van der Waals surface area contributed by atoms with E-state index in [4.69, 9.17) is 5.26 Å². The average molecular weight is 246 g/mol. The summed E-state index contributed by atoms with van der Waals surface area (Å²) in [4.78, 5) is 12.5. The smallest absolute Gasteiger partial charge is 0.233 e. The Labute approximate surface area is 106 Å². The van der Waals surface area contributed by atoms with Gasteiger partial charge in [-0.1, -0.05) is 18.2 Å². The number of amides is 1. The topological polar surface area (TPSA) is 52.9 Å². The molecule has 0 unspecified atom stereocenters. The molecule has 1 atom stereocenters. The molecule has 0 aliphatic heterocycles. The molecule has 1 rings (SSSR count). The van der Waals surface area contributed by atoms with Crippen LogP contribution in [0.2, 0.25) is 0 Å². The van der Waals surface area contributed by atoms with Crippen LogP contribution in [0, 0.1) is 11.3 Å². The first-order chi connectivity index (χ1) is 8.19. The summed E-state index contributed by atoms with van der Waals surface area (Å²) >= 11 is 1.38. The fourth-order valence-corrected chi connectivity index (χ4v) is 2.19. The lowest BCUT2D eigenvalue weighted by Crippen LogP contribution is -2.30. The molecule has 0 fully saturated rings. The molecule has 0 bridgehead atoms. The first-order valence-electron chi connectivity index (χ1n) is 5.23. The fourth-order valence-electron chi connectivity index (χ4n) is 1.22. The Bertz CT molecular complexity index is 451. The Morgan fingerprint density at radius 1 is 1.65 bits per heavy atom. The van der Waals surface area contributed by atoms with Crippen LogP contribution < -0.4 is 5.32 Å². The van der Waals surface area contributed by atoms with Gasteiger partial charge in [0.1, 0.15) is 6.07 Å². The van der Waals surface area contributed by atoms with Gasteiger partial charge >= 0.3 is 0 Å². The van der Waals surface area contributed by atoms with E-state index in [1.807, 2.05) is 25.1 Å². The molecule has 1 N–H and O–H groups in total. The standard InChI is InChI=1S/C13H14N2OS/c1-3-8-15-13(16)10(2)17-12-7-5-4-6-11(12)9-14/h3-7,10H,1,8H2,2H3,(H,15,16)/t10-/m0/s1. The van der Waals surface area contributed by atoms with Crippen LogP contribution in [0.15, 0.2) is 41.8 Å². The average Bonchev–Trinajstić information content (AvgIpc) is 2.36. The van der Waals surface area contributed by atoms with Gasteiger partial charge in [0.25, 0.3) is 0 Å². The van der Waals surface area contributed by atoms with Gasteiger partial charge < -0.3 is 5.32 Å². The van der Waals surface area contributed by atoms with Crippen LogP contribution in [0.5, 0.6) is 0 Å². The van der Waals surface area contributed by atoms with Crippen molar-refractivity contribution in [1.82, 2.24) is 5.32 Å². The predicted octanol–water partition coefficient (Wildman–Crippen LogP) is 2.34. The van der Waals surface area contributed by atoms with Crippen molar-refractivity contribution in [2.75, 3.05) is 6.54 Å². The number of carbonyl (C=O) groups excluding carboxylic acids is 1. The van der Waals surface area contributed by atoms with Crippen LogP contribution in [0.3, 0.4) is 0 Å². The maximum atomic E-state index is 11.6. The molecular formula is C13H14N2OS. The van der Waals surface area contributed by atoms with E-state index in [9.17, 15) is 4.79 Å². The minimum atomic E-state index is -0.232. The Hall–Kier alpha value is -1.73. The Morgan fingerprint density at radius 3 is 3.00 bits per heavy atom. The van der Waals surface area contributed by atoms with Crippen molar-refractivity contribution in [3.63, 3.8) is 0 Å². The number of thioether (sulfide) groups is 1. The maximum absolute atomic E-state index is 11.6. The SMILES string of the molecule is C=CCNC(=O)[C@H](C)Sc1ccccc1C#N. The zero-order valence-corrected chi connectivity index (χ0v) is 10.5. The third-order valence-corrected chi connectivity index (χ3v) is 3.28. The minimum absolute atomic E-state index is 0.0531. The molecule has 0 aliphatic carbocycles. The van der Waals surface area contributed by atoms with Crippen LogP contribution in [-0.2, 0) is 4.79 Å². The third kappa shape index (κ3) is 3.97. The highest BCUT2D eigenvalue weighted by molar-refractivity contribution is 8.00. The third-order valence-electron chi connectivity index (χ3n) is 2.10. The summed E-state index contributed by atoms with van der Waals surface area (Å²) in [5.74, 6) is -0.0531. The van der Waals surface area contributed by atoms with Crippen molar-refractivity contribution in [1.29, 1.82) is 5.26 Å². The number of nitrogens with zero attached hydrogens (tertiary/aromatic N) is 1. The van der Waals surface area contributed by atoms with Crippen LogP contribution >= 0.6 is 11.8 Å². The molecule has 0 saturated carbocycles. The lowest BCUT2D eigenvalue weighted by Gasteiger charge is -2.11. The van der Waals surface area contributed by atoms with E-state index in [1.165, 1.54) is 11.8 Å². The van der Waals surface area contributed by atoms with Crippen LogP contribution in [0.25, 0.3) is 0 Å². The number of hydrogen-bond acceptors (Lipinski definition) is 3. The predicted molar refractivity (Wildman–Crippen MR) is 69.7 cm³/mol. The molecule has 0 saturated heterocycles. The van der Waals surface area contributed by atoms with Gasteiger partial charge in [0, 0.05) is 11.4 Å². The van der Waals surface area contributed by atoms with Crippen molar-refractivity contribution >= 4 is 17.7 Å². The van der Waals surface area contributed by atoms with E-state index in [-0.39, 0.29) is 11.2 Å². The number of nitrogens with one attached hydrogen (secondary N) is 1.